The van der Waals surface area contributed by atoms with Crippen LogP contribution in [0.4, 0.5) is 11.4 Å². The van der Waals surface area contributed by atoms with Gasteiger partial charge in [0.1, 0.15) is 0 Å². The molecule has 0 aromatic heterocycles. The minimum absolute atomic E-state index is 0.571. The molecule has 1 aromatic carbocycles. The number of anilines is 2. The number of hydrogen-bond donors (Lipinski definition) is 2. The zero-order chi connectivity index (χ0) is 9.97. The van der Waals surface area contributed by atoms with E-state index in [4.69, 9.17) is 5.73 Å². The molecule has 3 nitrogen and oxygen atoms in total. The monoisotopic (exact) mass is 191 g/mol. The largest absolute Gasteiger partial charge is 0.399 e. The summed E-state index contributed by atoms with van der Waals surface area (Å²) in [5, 5.41) is 3.43. The first-order valence-corrected chi connectivity index (χ1v) is 5.09. The Morgan fingerprint density at radius 3 is 2.71 bits per heavy atom. The SMILES string of the molecule is C[C@H]1CN(c2ccc(N)cc2)CCN1. The second-order valence-corrected chi connectivity index (χ2v) is 3.89. The predicted molar refractivity (Wildman–Crippen MR) is 60.5 cm³/mol. The minimum Gasteiger partial charge on any atom is -0.399 e. The predicted octanol–water partition coefficient (Wildman–Crippen LogP) is 1.07. The molecule has 0 aliphatic carbocycles. The Hall–Kier alpha value is -1.22. The van der Waals surface area contributed by atoms with Crippen LogP contribution in [-0.2, 0) is 0 Å². The van der Waals surface area contributed by atoms with Crippen molar-refractivity contribution in [3.8, 4) is 0 Å². The highest BCUT2D eigenvalue weighted by Gasteiger charge is 2.15. The van der Waals surface area contributed by atoms with Gasteiger partial charge in [0, 0.05) is 37.1 Å². The van der Waals surface area contributed by atoms with Gasteiger partial charge in [0.15, 0.2) is 0 Å². The number of benzene rings is 1. The molecule has 0 spiro atoms. The number of hydrogen-bond acceptors (Lipinski definition) is 3. The highest BCUT2D eigenvalue weighted by atomic mass is 15.2. The van der Waals surface area contributed by atoms with Crippen LogP contribution in [0.25, 0.3) is 0 Å². The fourth-order valence-corrected chi connectivity index (χ4v) is 1.85. The number of rotatable bonds is 1. The molecule has 2 rings (SSSR count). The van der Waals surface area contributed by atoms with Gasteiger partial charge < -0.3 is 16.0 Å². The molecule has 0 amide bonds. The van der Waals surface area contributed by atoms with E-state index < -0.39 is 0 Å². The van der Waals surface area contributed by atoms with E-state index in [9.17, 15) is 0 Å². The number of nitrogens with two attached hydrogens (primary N) is 1. The van der Waals surface area contributed by atoms with Gasteiger partial charge in [-0.1, -0.05) is 0 Å². The fraction of sp³-hybridized carbons (Fsp3) is 0.455. The van der Waals surface area contributed by atoms with E-state index in [1.165, 1.54) is 5.69 Å². The Morgan fingerprint density at radius 2 is 2.07 bits per heavy atom. The molecule has 3 heteroatoms. The summed E-state index contributed by atoms with van der Waals surface area (Å²) in [7, 11) is 0. The molecule has 76 valence electrons. The molecule has 0 unspecified atom stereocenters. The number of nitrogen functional groups attached to an aromatic ring is 1. The summed E-state index contributed by atoms with van der Waals surface area (Å²) in [6.07, 6.45) is 0. The van der Waals surface area contributed by atoms with Crippen molar-refractivity contribution in [1.82, 2.24) is 5.32 Å². The third-order valence-corrected chi connectivity index (χ3v) is 2.63. The maximum atomic E-state index is 5.65. The van der Waals surface area contributed by atoms with E-state index in [0.717, 1.165) is 25.3 Å². The fourth-order valence-electron chi connectivity index (χ4n) is 1.85. The van der Waals surface area contributed by atoms with Crippen LogP contribution in [0.15, 0.2) is 24.3 Å². The molecule has 1 aromatic rings. The first-order valence-electron chi connectivity index (χ1n) is 5.09. The third-order valence-electron chi connectivity index (χ3n) is 2.63. The molecule has 1 aliphatic rings. The smallest absolute Gasteiger partial charge is 0.0368 e. The van der Waals surface area contributed by atoms with Gasteiger partial charge in [0.2, 0.25) is 0 Å². The lowest BCUT2D eigenvalue weighted by atomic mass is 10.2. The Balaban J connectivity index is 2.10. The summed E-state index contributed by atoms with van der Waals surface area (Å²) in [4.78, 5) is 2.39. The molecule has 0 bridgehead atoms. The maximum absolute atomic E-state index is 5.65. The molecule has 0 saturated carbocycles. The average molecular weight is 191 g/mol. The summed E-state index contributed by atoms with van der Waals surface area (Å²) in [5.41, 5.74) is 7.75. The Morgan fingerprint density at radius 1 is 1.36 bits per heavy atom. The van der Waals surface area contributed by atoms with E-state index in [0.29, 0.717) is 6.04 Å². The van der Waals surface area contributed by atoms with Crippen LogP contribution in [0, 0.1) is 0 Å². The van der Waals surface area contributed by atoms with Crippen LogP contribution in [-0.4, -0.2) is 25.7 Å². The van der Waals surface area contributed by atoms with Gasteiger partial charge in [-0.15, -0.1) is 0 Å². The standard InChI is InChI=1S/C11H17N3/c1-9-8-14(7-6-13-9)11-4-2-10(12)3-5-11/h2-5,9,13H,6-8,12H2,1H3/t9-/m0/s1. The highest BCUT2D eigenvalue weighted by molar-refractivity contribution is 5.53. The van der Waals surface area contributed by atoms with Gasteiger partial charge in [0.25, 0.3) is 0 Å². The first-order chi connectivity index (χ1) is 6.75. The zero-order valence-corrected chi connectivity index (χ0v) is 8.53. The minimum atomic E-state index is 0.571. The van der Waals surface area contributed by atoms with E-state index in [1.807, 2.05) is 12.1 Å². The summed E-state index contributed by atoms with van der Waals surface area (Å²) < 4.78 is 0. The molecule has 1 fully saturated rings. The van der Waals surface area contributed by atoms with Crippen LogP contribution in [0.5, 0.6) is 0 Å². The topological polar surface area (TPSA) is 41.3 Å². The molecule has 1 aliphatic heterocycles. The summed E-state index contributed by atoms with van der Waals surface area (Å²) in [5.74, 6) is 0. The van der Waals surface area contributed by atoms with E-state index in [2.05, 4.69) is 29.3 Å². The van der Waals surface area contributed by atoms with Gasteiger partial charge in [-0.25, -0.2) is 0 Å². The Labute approximate surface area is 84.9 Å². The first kappa shape index (κ1) is 9.34. The molecule has 1 atom stereocenters. The van der Waals surface area contributed by atoms with Crippen molar-refractivity contribution >= 4 is 11.4 Å². The van der Waals surface area contributed by atoms with Crippen LogP contribution in [0.2, 0.25) is 0 Å². The van der Waals surface area contributed by atoms with Gasteiger partial charge in [-0.3, -0.25) is 0 Å². The van der Waals surface area contributed by atoms with E-state index >= 15 is 0 Å². The maximum Gasteiger partial charge on any atom is 0.0368 e. The summed E-state index contributed by atoms with van der Waals surface area (Å²) in [6.45, 7) is 5.42. The highest BCUT2D eigenvalue weighted by Crippen LogP contribution is 2.17. The van der Waals surface area contributed by atoms with E-state index in [1.54, 1.807) is 0 Å². The Bertz CT molecular complexity index is 294. The molecule has 0 radical (unpaired) electrons. The van der Waals surface area contributed by atoms with E-state index in [-0.39, 0.29) is 0 Å². The lowest BCUT2D eigenvalue weighted by molar-refractivity contribution is 0.485. The average Bonchev–Trinajstić information content (AvgIpc) is 2.19. The second-order valence-electron chi connectivity index (χ2n) is 3.89. The second kappa shape index (κ2) is 3.88. The molecule has 14 heavy (non-hydrogen) atoms. The van der Waals surface area contributed by atoms with Crippen molar-refractivity contribution in [1.29, 1.82) is 0 Å². The molecule has 1 saturated heterocycles. The number of nitrogens with zero attached hydrogens (tertiary/aromatic N) is 1. The number of nitrogens with one attached hydrogen (secondary N) is 1. The lowest BCUT2D eigenvalue weighted by Gasteiger charge is -2.33. The third kappa shape index (κ3) is 1.99. The van der Waals surface area contributed by atoms with Gasteiger partial charge in [0.05, 0.1) is 0 Å². The normalized spacial score (nSPS) is 22.4. The van der Waals surface area contributed by atoms with Crippen LogP contribution >= 0.6 is 0 Å². The molecular weight excluding hydrogens is 174 g/mol. The van der Waals surface area contributed by atoms with Gasteiger partial charge in [-0.05, 0) is 31.2 Å². The van der Waals surface area contributed by atoms with Gasteiger partial charge >= 0.3 is 0 Å². The molecule has 3 N–H and O–H groups in total. The van der Waals surface area contributed by atoms with Crippen molar-refractivity contribution in [3.63, 3.8) is 0 Å². The van der Waals surface area contributed by atoms with Crippen molar-refractivity contribution in [3.05, 3.63) is 24.3 Å². The quantitative estimate of drug-likeness (QED) is 0.652. The van der Waals surface area contributed by atoms with Crippen molar-refractivity contribution < 1.29 is 0 Å². The van der Waals surface area contributed by atoms with Crippen molar-refractivity contribution in [2.24, 2.45) is 0 Å². The van der Waals surface area contributed by atoms with Crippen LogP contribution in [0.1, 0.15) is 6.92 Å². The summed E-state index contributed by atoms with van der Waals surface area (Å²) in [6, 6.07) is 8.67. The number of piperazine rings is 1. The van der Waals surface area contributed by atoms with Crippen molar-refractivity contribution in [2.45, 2.75) is 13.0 Å². The molecule has 1 heterocycles. The zero-order valence-electron chi connectivity index (χ0n) is 8.53. The molecular formula is C11H17N3. The van der Waals surface area contributed by atoms with Crippen LogP contribution in [0.3, 0.4) is 0 Å². The lowest BCUT2D eigenvalue weighted by Crippen LogP contribution is -2.49. The Kier molecular flexibility index (Phi) is 2.59. The summed E-state index contributed by atoms with van der Waals surface area (Å²) >= 11 is 0. The van der Waals surface area contributed by atoms with Crippen molar-refractivity contribution in [2.75, 3.05) is 30.3 Å². The van der Waals surface area contributed by atoms with Crippen LogP contribution < -0.4 is 16.0 Å². The van der Waals surface area contributed by atoms with Gasteiger partial charge in [-0.2, -0.15) is 0 Å².